The molecule has 182 valence electrons. The van der Waals surface area contributed by atoms with Crippen LogP contribution in [0.5, 0.6) is 5.75 Å². The summed E-state index contributed by atoms with van der Waals surface area (Å²) in [4.78, 5) is 23.9. The molecule has 35 heavy (non-hydrogen) atoms. The fraction of sp³-hybridized carbons (Fsp3) is 0.160. The van der Waals surface area contributed by atoms with Crippen molar-refractivity contribution in [3.63, 3.8) is 0 Å². The topological polar surface area (TPSA) is 117 Å². The number of hydrogen-bond acceptors (Lipinski definition) is 6. The molecule has 0 aliphatic carbocycles. The van der Waals surface area contributed by atoms with Gasteiger partial charge in [0, 0.05) is 12.6 Å². The van der Waals surface area contributed by atoms with Gasteiger partial charge in [-0.3, -0.25) is 13.9 Å². The molecule has 0 radical (unpaired) electrons. The molecule has 0 aliphatic rings. The first kappa shape index (κ1) is 25.4. The van der Waals surface area contributed by atoms with Gasteiger partial charge in [0.05, 0.1) is 23.4 Å². The molecule has 2 N–H and O–H groups in total. The molecule has 2 amide bonds. The summed E-state index contributed by atoms with van der Waals surface area (Å²) in [5.74, 6) is -0.480. The second-order valence-electron chi connectivity index (χ2n) is 7.32. The monoisotopic (exact) mass is 494 g/mol. The van der Waals surface area contributed by atoms with Crippen LogP contribution in [0.2, 0.25) is 0 Å². The van der Waals surface area contributed by atoms with Crippen LogP contribution in [0.1, 0.15) is 19.4 Å². The minimum absolute atomic E-state index is 0.0434. The number of sulfonamides is 1. The lowest BCUT2D eigenvalue weighted by Crippen LogP contribution is -2.39. The second-order valence-corrected chi connectivity index (χ2v) is 9.18. The van der Waals surface area contributed by atoms with Crippen molar-refractivity contribution < 1.29 is 22.7 Å². The summed E-state index contributed by atoms with van der Waals surface area (Å²) < 4.78 is 33.5. The number of hydrogen-bond donors (Lipinski definition) is 2. The largest absolute Gasteiger partial charge is 0.492 e. The van der Waals surface area contributed by atoms with Crippen molar-refractivity contribution in [2.75, 3.05) is 22.8 Å². The maximum absolute atomic E-state index is 13.5. The SMILES string of the molecule is CCOc1ccccc1N(CC(=O)N/N=C/c1ccc(NC(C)=O)cc1)S(=O)(=O)c1ccccc1. The van der Waals surface area contributed by atoms with Gasteiger partial charge >= 0.3 is 0 Å². The van der Waals surface area contributed by atoms with Crippen LogP contribution in [-0.4, -0.2) is 39.6 Å². The highest BCUT2D eigenvalue weighted by molar-refractivity contribution is 7.92. The normalized spacial score (nSPS) is 11.1. The van der Waals surface area contributed by atoms with Crippen molar-refractivity contribution in [2.45, 2.75) is 18.7 Å². The molecule has 3 aromatic carbocycles. The van der Waals surface area contributed by atoms with Crippen LogP contribution in [0.25, 0.3) is 0 Å². The maximum atomic E-state index is 13.5. The van der Waals surface area contributed by atoms with E-state index in [9.17, 15) is 18.0 Å². The molecular formula is C25H26N4O5S. The first-order chi connectivity index (χ1) is 16.8. The third kappa shape index (κ3) is 6.90. The Morgan fingerprint density at radius 3 is 2.29 bits per heavy atom. The summed E-state index contributed by atoms with van der Waals surface area (Å²) in [6, 6.07) is 21.3. The first-order valence-electron chi connectivity index (χ1n) is 10.8. The van der Waals surface area contributed by atoms with Crippen molar-refractivity contribution in [3.05, 3.63) is 84.4 Å². The van der Waals surface area contributed by atoms with Crippen molar-refractivity contribution in [3.8, 4) is 5.75 Å². The maximum Gasteiger partial charge on any atom is 0.264 e. The predicted octanol–water partition coefficient (Wildman–Crippen LogP) is 3.39. The van der Waals surface area contributed by atoms with E-state index in [1.54, 1.807) is 73.7 Å². The standard InChI is InChI=1S/C25H26N4O5S/c1-3-34-24-12-8-7-11-23(24)29(35(32,33)22-9-5-4-6-10-22)18-25(31)28-26-17-20-13-15-21(16-14-20)27-19(2)30/h4-17H,3,18H2,1-2H3,(H,27,30)(H,28,31)/b26-17+. The number of hydrazone groups is 1. The van der Waals surface area contributed by atoms with Crippen molar-refractivity contribution in [2.24, 2.45) is 5.10 Å². The molecule has 0 bridgehead atoms. The molecule has 0 aliphatic heterocycles. The number of benzene rings is 3. The van der Waals surface area contributed by atoms with E-state index in [1.165, 1.54) is 25.3 Å². The smallest absolute Gasteiger partial charge is 0.264 e. The molecular weight excluding hydrogens is 468 g/mol. The Bertz CT molecular complexity index is 1290. The predicted molar refractivity (Wildman–Crippen MR) is 135 cm³/mol. The lowest BCUT2D eigenvalue weighted by molar-refractivity contribution is -0.119. The van der Waals surface area contributed by atoms with Gasteiger partial charge in [0.15, 0.2) is 0 Å². The van der Waals surface area contributed by atoms with Crippen LogP contribution in [0, 0.1) is 0 Å². The third-order valence-corrected chi connectivity index (χ3v) is 6.46. The Morgan fingerprint density at radius 1 is 0.971 bits per heavy atom. The molecule has 3 rings (SSSR count). The molecule has 0 saturated carbocycles. The Hall–Kier alpha value is -4.18. The van der Waals surface area contributed by atoms with Crippen LogP contribution in [0.4, 0.5) is 11.4 Å². The number of carbonyl (C=O) groups excluding carboxylic acids is 2. The van der Waals surface area contributed by atoms with Crippen molar-refractivity contribution in [1.29, 1.82) is 0 Å². The van der Waals surface area contributed by atoms with E-state index in [2.05, 4.69) is 15.8 Å². The first-order valence-corrected chi connectivity index (χ1v) is 12.2. The Balaban J connectivity index is 1.81. The van der Waals surface area contributed by atoms with Gasteiger partial charge < -0.3 is 10.1 Å². The number of para-hydroxylation sites is 2. The van der Waals surface area contributed by atoms with Crippen LogP contribution in [0.3, 0.4) is 0 Å². The zero-order valence-electron chi connectivity index (χ0n) is 19.3. The zero-order valence-corrected chi connectivity index (χ0v) is 20.2. The lowest BCUT2D eigenvalue weighted by Gasteiger charge is -2.25. The van der Waals surface area contributed by atoms with E-state index in [1.807, 2.05) is 0 Å². The highest BCUT2D eigenvalue weighted by Gasteiger charge is 2.29. The molecule has 0 heterocycles. The number of ether oxygens (including phenoxy) is 1. The van der Waals surface area contributed by atoms with E-state index in [4.69, 9.17) is 4.74 Å². The number of nitrogens with one attached hydrogen (secondary N) is 2. The minimum Gasteiger partial charge on any atom is -0.492 e. The van der Waals surface area contributed by atoms with E-state index in [0.29, 0.717) is 23.6 Å². The molecule has 10 heteroatoms. The fourth-order valence-corrected chi connectivity index (χ4v) is 4.61. The molecule has 0 saturated heterocycles. The minimum atomic E-state index is -4.08. The van der Waals surface area contributed by atoms with Gasteiger partial charge in [-0.1, -0.05) is 42.5 Å². The zero-order chi connectivity index (χ0) is 25.3. The van der Waals surface area contributed by atoms with E-state index >= 15 is 0 Å². The van der Waals surface area contributed by atoms with Gasteiger partial charge in [-0.15, -0.1) is 0 Å². The summed E-state index contributed by atoms with van der Waals surface area (Å²) >= 11 is 0. The number of anilines is 2. The van der Waals surface area contributed by atoms with Gasteiger partial charge in [-0.25, -0.2) is 13.8 Å². The van der Waals surface area contributed by atoms with Crippen LogP contribution >= 0.6 is 0 Å². The molecule has 0 aromatic heterocycles. The van der Waals surface area contributed by atoms with Crippen LogP contribution in [-0.2, 0) is 19.6 Å². The summed E-state index contributed by atoms with van der Waals surface area (Å²) in [5, 5.41) is 6.59. The number of nitrogens with zero attached hydrogens (tertiary/aromatic N) is 2. The highest BCUT2D eigenvalue weighted by atomic mass is 32.2. The van der Waals surface area contributed by atoms with Gasteiger partial charge in [-0.05, 0) is 48.9 Å². The summed E-state index contributed by atoms with van der Waals surface area (Å²) in [6.45, 7) is 3.02. The quantitative estimate of drug-likeness (QED) is 0.331. The average Bonchev–Trinajstić information content (AvgIpc) is 2.84. The lowest BCUT2D eigenvalue weighted by atomic mass is 10.2. The molecule has 0 unspecified atom stereocenters. The number of rotatable bonds is 10. The van der Waals surface area contributed by atoms with Crippen LogP contribution in [0.15, 0.2) is 88.9 Å². The van der Waals surface area contributed by atoms with Crippen molar-refractivity contribution >= 4 is 39.4 Å². The molecule has 0 spiro atoms. The Morgan fingerprint density at radius 2 is 1.63 bits per heavy atom. The van der Waals surface area contributed by atoms with Gasteiger partial charge in [0.2, 0.25) is 5.91 Å². The van der Waals surface area contributed by atoms with Gasteiger partial charge in [0.1, 0.15) is 12.3 Å². The van der Waals surface area contributed by atoms with E-state index < -0.39 is 22.5 Å². The van der Waals surface area contributed by atoms with E-state index in [-0.39, 0.29) is 16.5 Å². The summed E-state index contributed by atoms with van der Waals surface area (Å²) in [6.07, 6.45) is 1.42. The molecule has 0 atom stereocenters. The van der Waals surface area contributed by atoms with Crippen molar-refractivity contribution in [1.82, 2.24) is 5.43 Å². The number of carbonyl (C=O) groups is 2. The van der Waals surface area contributed by atoms with Crippen LogP contribution < -0.4 is 19.8 Å². The summed E-state index contributed by atoms with van der Waals surface area (Å²) in [5.41, 5.74) is 3.92. The van der Waals surface area contributed by atoms with Gasteiger partial charge in [0.25, 0.3) is 15.9 Å². The second kappa shape index (κ2) is 11.8. The van der Waals surface area contributed by atoms with Gasteiger partial charge in [-0.2, -0.15) is 5.10 Å². The number of amides is 2. The summed E-state index contributed by atoms with van der Waals surface area (Å²) in [7, 11) is -4.08. The van der Waals surface area contributed by atoms with E-state index in [0.717, 1.165) is 4.31 Å². The molecule has 3 aromatic rings. The average molecular weight is 495 g/mol. The Labute approximate surface area is 204 Å². The fourth-order valence-electron chi connectivity index (χ4n) is 3.16. The molecule has 9 nitrogen and oxygen atoms in total. The highest BCUT2D eigenvalue weighted by Crippen LogP contribution is 2.32. The molecule has 0 fully saturated rings. The third-order valence-electron chi connectivity index (χ3n) is 4.69. The Kier molecular flexibility index (Phi) is 8.58.